The molecule has 3 atom stereocenters. The SMILES string of the molecule is CC(C)=CCC/C(=C/CC/C(C)=C/C[C@H]1CCC(=O)[C@@]2(CC/C(C)=C/CO[Si](C)(C)C(C)(C)C)C[C@@]12C)CO[Si](c1ccccc1)(c1ccccc1)C(C)(C)C. The van der Waals surface area contributed by atoms with Crippen molar-refractivity contribution in [2.75, 3.05) is 13.2 Å². The number of carbonyl (C=O) groups is 1. The third-order valence-electron chi connectivity index (χ3n) is 14.1. The summed E-state index contributed by atoms with van der Waals surface area (Å²) in [7, 11) is -4.38. The van der Waals surface area contributed by atoms with Crippen molar-refractivity contribution in [1.29, 1.82) is 0 Å². The van der Waals surface area contributed by atoms with Gasteiger partial charge in [-0.1, -0.05) is 150 Å². The molecule has 2 aromatic rings. The van der Waals surface area contributed by atoms with E-state index in [1.165, 1.54) is 32.7 Å². The van der Waals surface area contributed by atoms with Crippen LogP contribution in [0.25, 0.3) is 0 Å². The smallest absolute Gasteiger partial charge is 0.261 e. The Bertz CT molecular complexity index is 1680. The van der Waals surface area contributed by atoms with Gasteiger partial charge in [-0.25, -0.2) is 0 Å². The van der Waals surface area contributed by atoms with E-state index >= 15 is 0 Å². The Morgan fingerprint density at radius 1 is 0.750 bits per heavy atom. The van der Waals surface area contributed by atoms with Crippen LogP contribution in [-0.2, 0) is 13.6 Å². The van der Waals surface area contributed by atoms with E-state index in [0.29, 0.717) is 24.9 Å². The van der Waals surface area contributed by atoms with Gasteiger partial charge in [0.25, 0.3) is 8.32 Å². The lowest BCUT2D eigenvalue weighted by molar-refractivity contribution is -0.129. The lowest BCUT2D eigenvalue weighted by Crippen LogP contribution is -2.66. The minimum atomic E-state index is -2.62. The molecule has 2 aliphatic rings. The summed E-state index contributed by atoms with van der Waals surface area (Å²) in [5, 5.41) is 2.83. The highest BCUT2D eigenvalue weighted by Crippen LogP contribution is 2.74. The fourth-order valence-electron chi connectivity index (χ4n) is 9.10. The summed E-state index contributed by atoms with van der Waals surface area (Å²) in [6.45, 7) is 31.3. The molecule has 308 valence electrons. The van der Waals surface area contributed by atoms with Crippen LogP contribution in [0.4, 0.5) is 0 Å². The van der Waals surface area contributed by atoms with Crippen LogP contribution < -0.4 is 10.4 Å². The van der Waals surface area contributed by atoms with Gasteiger partial charge in [0.1, 0.15) is 5.78 Å². The minimum Gasteiger partial charge on any atom is -0.413 e. The first-order chi connectivity index (χ1) is 26.2. The topological polar surface area (TPSA) is 35.5 Å². The van der Waals surface area contributed by atoms with Crippen molar-refractivity contribution >= 4 is 32.8 Å². The molecule has 5 heteroatoms. The molecule has 0 aliphatic heterocycles. The van der Waals surface area contributed by atoms with Crippen LogP contribution in [0.1, 0.15) is 140 Å². The second-order valence-corrected chi connectivity index (χ2v) is 29.5. The first-order valence-electron chi connectivity index (χ1n) is 21.7. The van der Waals surface area contributed by atoms with Gasteiger partial charge in [0.2, 0.25) is 0 Å². The van der Waals surface area contributed by atoms with Crippen molar-refractivity contribution in [1.82, 2.24) is 0 Å². The molecule has 2 fully saturated rings. The second kappa shape index (κ2) is 19.0. The lowest BCUT2D eigenvalue weighted by atomic mass is 9.69. The fraction of sp³-hybridized carbons (Fsp3) is 0.588. The predicted molar refractivity (Wildman–Crippen MR) is 247 cm³/mol. The Kier molecular flexibility index (Phi) is 15.6. The maximum Gasteiger partial charge on any atom is 0.261 e. The number of carbonyl (C=O) groups excluding carboxylic acids is 1. The van der Waals surface area contributed by atoms with Crippen LogP contribution in [0.15, 0.2) is 107 Å². The standard InChI is InChI=1S/C51H78O3Si2/c1-40(2)22-20-24-43(38-54-56(49(8,9)10,45-26-16-14-17-27-45)46-28-18-15-19-29-46)25-21-23-41(3)30-31-44-32-33-47(52)51(39-50(44,51)11)36-34-42(4)35-37-53-55(12,13)48(5,6)7/h14-19,22,25-30,35,44H,20-21,23-24,31-34,36-39H2,1-13H3/b41-30+,42-35+,43-25-/t44-,50-,51+/m0/s1. The van der Waals surface area contributed by atoms with Gasteiger partial charge in [-0.3, -0.25) is 4.79 Å². The van der Waals surface area contributed by atoms with E-state index in [1.807, 2.05) is 0 Å². The average Bonchev–Trinajstić information content (AvgIpc) is 3.77. The van der Waals surface area contributed by atoms with Gasteiger partial charge in [-0.05, 0) is 136 Å². The zero-order valence-corrected chi connectivity index (χ0v) is 39.9. The molecule has 0 aromatic heterocycles. The molecule has 0 N–H and O–H groups in total. The molecular formula is C51H78O3Si2. The second-order valence-electron chi connectivity index (χ2n) is 20.4. The van der Waals surface area contributed by atoms with Crippen LogP contribution >= 0.6 is 0 Å². The molecule has 56 heavy (non-hydrogen) atoms. The van der Waals surface area contributed by atoms with E-state index in [0.717, 1.165) is 64.2 Å². The van der Waals surface area contributed by atoms with Crippen molar-refractivity contribution < 1.29 is 13.6 Å². The van der Waals surface area contributed by atoms with Crippen molar-refractivity contribution in [3.05, 3.63) is 107 Å². The molecule has 3 nitrogen and oxygen atoms in total. The van der Waals surface area contributed by atoms with Crippen molar-refractivity contribution in [2.45, 2.75) is 164 Å². The van der Waals surface area contributed by atoms with E-state index in [-0.39, 0.29) is 20.9 Å². The first kappa shape index (κ1) is 46.1. The third-order valence-corrected chi connectivity index (χ3v) is 23.5. The number of Topliss-reactive ketones (excluding diaryl/α,β-unsaturated/α-hetero) is 1. The van der Waals surface area contributed by atoms with Gasteiger partial charge in [0.05, 0.1) is 13.2 Å². The van der Waals surface area contributed by atoms with Gasteiger partial charge in [0, 0.05) is 11.8 Å². The summed E-state index contributed by atoms with van der Waals surface area (Å²) in [5.41, 5.74) is 5.61. The number of ketones is 1. The normalized spacial score (nSPS) is 22.6. The van der Waals surface area contributed by atoms with E-state index in [9.17, 15) is 4.79 Å². The van der Waals surface area contributed by atoms with Crippen LogP contribution in [0.5, 0.6) is 0 Å². The molecule has 0 spiro atoms. The number of allylic oxidation sites excluding steroid dienone is 6. The molecule has 4 rings (SSSR count). The van der Waals surface area contributed by atoms with Crippen molar-refractivity contribution in [3.8, 4) is 0 Å². The van der Waals surface area contributed by atoms with Crippen molar-refractivity contribution in [2.24, 2.45) is 16.7 Å². The molecular weight excluding hydrogens is 717 g/mol. The highest BCUT2D eigenvalue weighted by molar-refractivity contribution is 6.99. The zero-order chi connectivity index (χ0) is 41.4. The summed E-state index contributed by atoms with van der Waals surface area (Å²) in [6, 6.07) is 22.0. The summed E-state index contributed by atoms with van der Waals surface area (Å²) in [6.07, 6.45) is 19.6. The lowest BCUT2D eigenvalue weighted by Gasteiger charge is -2.43. The van der Waals surface area contributed by atoms with Crippen LogP contribution in [0, 0.1) is 16.7 Å². The number of benzene rings is 2. The Labute approximate surface area is 345 Å². The summed E-state index contributed by atoms with van der Waals surface area (Å²) in [5.74, 6) is 1.10. The largest absolute Gasteiger partial charge is 0.413 e. The van der Waals surface area contributed by atoms with Gasteiger partial charge in [-0.15, -0.1) is 0 Å². The molecule has 2 saturated carbocycles. The molecule has 0 amide bonds. The summed E-state index contributed by atoms with van der Waals surface area (Å²) >= 11 is 0. The number of hydrogen-bond donors (Lipinski definition) is 0. The highest BCUT2D eigenvalue weighted by atomic mass is 28.4. The monoisotopic (exact) mass is 795 g/mol. The van der Waals surface area contributed by atoms with Crippen LogP contribution in [-0.4, -0.2) is 35.6 Å². The number of rotatable bonds is 19. The summed E-state index contributed by atoms with van der Waals surface area (Å²) < 4.78 is 13.8. The maximum atomic E-state index is 13.5. The Morgan fingerprint density at radius 3 is 1.88 bits per heavy atom. The van der Waals surface area contributed by atoms with Crippen LogP contribution in [0.3, 0.4) is 0 Å². The first-order valence-corrected chi connectivity index (χ1v) is 26.5. The maximum absolute atomic E-state index is 13.5. The average molecular weight is 795 g/mol. The van der Waals surface area contributed by atoms with E-state index in [2.05, 4.69) is 174 Å². The molecule has 0 heterocycles. The Morgan fingerprint density at radius 2 is 1.32 bits per heavy atom. The van der Waals surface area contributed by atoms with E-state index in [4.69, 9.17) is 8.85 Å². The fourth-order valence-corrected chi connectivity index (χ4v) is 14.6. The Hall–Kier alpha value is -2.58. The molecule has 2 aliphatic carbocycles. The number of fused-ring (bicyclic) bond motifs is 1. The quantitative estimate of drug-likeness (QED) is 0.105. The highest BCUT2D eigenvalue weighted by Gasteiger charge is 2.71. The van der Waals surface area contributed by atoms with E-state index in [1.54, 1.807) is 0 Å². The molecule has 0 unspecified atom stereocenters. The minimum absolute atomic E-state index is 0.0469. The third kappa shape index (κ3) is 10.9. The van der Waals surface area contributed by atoms with Crippen LogP contribution in [0.2, 0.25) is 23.2 Å². The van der Waals surface area contributed by atoms with Gasteiger partial charge < -0.3 is 8.85 Å². The van der Waals surface area contributed by atoms with Gasteiger partial charge in [0.15, 0.2) is 8.32 Å². The van der Waals surface area contributed by atoms with Gasteiger partial charge in [-0.2, -0.15) is 0 Å². The molecule has 2 aromatic carbocycles. The molecule has 0 radical (unpaired) electrons. The van der Waals surface area contributed by atoms with Gasteiger partial charge >= 0.3 is 0 Å². The zero-order valence-electron chi connectivity index (χ0n) is 37.9. The van der Waals surface area contributed by atoms with E-state index < -0.39 is 16.6 Å². The predicted octanol–water partition coefficient (Wildman–Crippen LogP) is 13.5. The number of hydrogen-bond acceptors (Lipinski definition) is 3. The summed E-state index contributed by atoms with van der Waals surface area (Å²) in [4.78, 5) is 13.5. The molecule has 0 saturated heterocycles. The molecule has 0 bridgehead atoms. The Balaban J connectivity index is 1.41. The van der Waals surface area contributed by atoms with Crippen molar-refractivity contribution in [3.63, 3.8) is 0 Å².